The molecule has 1 aromatic carbocycles. The van der Waals surface area contributed by atoms with Gasteiger partial charge in [-0.25, -0.2) is 9.37 Å². The van der Waals surface area contributed by atoms with Crippen molar-refractivity contribution in [1.29, 1.82) is 0 Å². The first-order valence-corrected chi connectivity index (χ1v) is 9.48. The van der Waals surface area contributed by atoms with Crippen molar-refractivity contribution in [2.24, 2.45) is 5.16 Å². The first kappa shape index (κ1) is 16.9. The van der Waals surface area contributed by atoms with Crippen molar-refractivity contribution in [2.45, 2.75) is 23.3 Å². The first-order valence-electron chi connectivity index (χ1n) is 7.38. The van der Waals surface area contributed by atoms with E-state index >= 15 is 0 Å². The zero-order valence-corrected chi connectivity index (χ0v) is 14.6. The average molecular weight is 365 g/mol. The summed E-state index contributed by atoms with van der Waals surface area (Å²) in [5.74, 6) is -0.475. The highest BCUT2D eigenvalue weighted by molar-refractivity contribution is 8.00. The lowest BCUT2D eigenvalue weighted by Crippen LogP contribution is -2.32. The van der Waals surface area contributed by atoms with Crippen molar-refractivity contribution in [3.8, 4) is 0 Å². The molecule has 3 rings (SSSR count). The lowest BCUT2D eigenvalue weighted by molar-refractivity contribution is 0.0751. The van der Waals surface area contributed by atoms with Crippen molar-refractivity contribution < 1.29 is 14.0 Å². The standard InChI is InChI=1S/C16H16FN3O2S2/c1-23-16-19-14(9-24-16)15(21)18-8-13-7-12(20-22-13)6-10-3-2-4-11(17)5-10/h2-5,9,13H,6-8H2,1H3,(H,18,21)/t13-/m1/s1. The largest absolute Gasteiger partial charge is 0.390 e. The van der Waals surface area contributed by atoms with Crippen LogP contribution in [-0.2, 0) is 11.3 Å². The molecule has 0 fully saturated rings. The SMILES string of the molecule is CSc1nc(C(=O)NC[C@H]2CC(Cc3cccc(F)c3)=NO2)cs1. The Morgan fingerprint density at radius 3 is 3.17 bits per heavy atom. The van der Waals surface area contributed by atoms with Gasteiger partial charge in [0.25, 0.3) is 5.91 Å². The Hall–Kier alpha value is -1.93. The van der Waals surface area contributed by atoms with Gasteiger partial charge in [-0.15, -0.1) is 11.3 Å². The summed E-state index contributed by atoms with van der Waals surface area (Å²) in [6, 6.07) is 6.43. The molecule has 1 aliphatic rings. The van der Waals surface area contributed by atoms with E-state index in [9.17, 15) is 9.18 Å². The van der Waals surface area contributed by atoms with Crippen LogP contribution in [0.25, 0.3) is 0 Å². The molecule has 24 heavy (non-hydrogen) atoms. The number of hydrogen-bond acceptors (Lipinski definition) is 6. The molecule has 0 spiro atoms. The van der Waals surface area contributed by atoms with E-state index in [1.54, 1.807) is 11.4 Å². The maximum Gasteiger partial charge on any atom is 0.270 e. The van der Waals surface area contributed by atoms with E-state index in [0.717, 1.165) is 15.6 Å². The van der Waals surface area contributed by atoms with Crippen LogP contribution in [0.2, 0.25) is 0 Å². The lowest BCUT2D eigenvalue weighted by Gasteiger charge is -2.08. The Bertz CT molecular complexity index is 763. The number of oxime groups is 1. The van der Waals surface area contributed by atoms with Gasteiger partial charge in [0.2, 0.25) is 0 Å². The number of amides is 1. The predicted octanol–water partition coefficient (Wildman–Crippen LogP) is 3.12. The van der Waals surface area contributed by atoms with Gasteiger partial charge in [-0.2, -0.15) is 0 Å². The van der Waals surface area contributed by atoms with Crippen LogP contribution < -0.4 is 5.32 Å². The van der Waals surface area contributed by atoms with Crippen LogP contribution in [0.5, 0.6) is 0 Å². The molecule has 8 heteroatoms. The van der Waals surface area contributed by atoms with Crippen molar-refractivity contribution >= 4 is 34.7 Å². The second-order valence-electron chi connectivity index (χ2n) is 5.31. The number of halogens is 1. The molecule has 1 aliphatic heterocycles. The lowest BCUT2D eigenvalue weighted by atomic mass is 10.0. The molecule has 1 amide bonds. The van der Waals surface area contributed by atoms with Crippen molar-refractivity contribution in [3.05, 3.63) is 46.7 Å². The molecule has 126 valence electrons. The summed E-state index contributed by atoms with van der Waals surface area (Å²) in [7, 11) is 0. The van der Waals surface area contributed by atoms with Gasteiger partial charge in [0.05, 0.1) is 12.3 Å². The average Bonchev–Trinajstić information content (AvgIpc) is 3.22. The van der Waals surface area contributed by atoms with Crippen LogP contribution in [0, 0.1) is 5.82 Å². The normalized spacial score (nSPS) is 16.6. The first-order chi connectivity index (χ1) is 11.6. The maximum atomic E-state index is 13.2. The van der Waals surface area contributed by atoms with Gasteiger partial charge in [0.15, 0.2) is 0 Å². The number of carbonyl (C=O) groups is 1. The number of thioether (sulfide) groups is 1. The summed E-state index contributed by atoms with van der Waals surface area (Å²) in [5, 5.41) is 8.58. The van der Waals surface area contributed by atoms with E-state index in [0.29, 0.717) is 25.1 Å². The fourth-order valence-electron chi connectivity index (χ4n) is 2.34. The molecule has 0 aliphatic carbocycles. The number of carbonyl (C=O) groups excluding carboxylic acids is 1. The molecule has 0 saturated heterocycles. The van der Waals surface area contributed by atoms with E-state index in [1.165, 1.54) is 35.2 Å². The van der Waals surface area contributed by atoms with E-state index in [4.69, 9.17) is 4.84 Å². The van der Waals surface area contributed by atoms with E-state index in [1.807, 2.05) is 12.3 Å². The number of benzene rings is 1. The zero-order valence-electron chi connectivity index (χ0n) is 13.0. The topological polar surface area (TPSA) is 63.6 Å². The van der Waals surface area contributed by atoms with Crippen molar-refractivity contribution in [1.82, 2.24) is 10.3 Å². The Kier molecular flexibility index (Phi) is 5.47. The van der Waals surface area contributed by atoms with Gasteiger partial charge in [-0.05, 0) is 24.0 Å². The highest BCUT2D eigenvalue weighted by atomic mass is 32.2. The summed E-state index contributed by atoms with van der Waals surface area (Å²) in [6.07, 6.45) is 2.88. The smallest absolute Gasteiger partial charge is 0.270 e. The molecule has 0 bridgehead atoms. The molecule has 1 N–H and O–H groups in total. The van der Waals surface area contributed by atoms with E-state index in [-0.39, 0.29) is 17.8 Å². The van der Waals surface area contributed by atoms with Gasteiger partial charge in [0, 0.05) is 18.2 Å². The molecular weight excluding hydrogens is 349 g/mol. The number of hydrogen-bond donors (Lipinski definition) is 1. The quantitative estimate of drug-likeness (QED) is 0.799. The third kappa shape index (κ3) is 4.33. The summed E-state index contributed by atoms with van der Waals surface area (Å²) in [4.78, 5) is 21.6. The number of nitrogens with zero attached hydrogens (tertiary/aromatic N) is 2. The van der Waals surface area contributed by atoms with Crippen LogP contribution in [0.4, 0.5) is 4.39 Å². The number of aromatic nitrogens is 1. The molecule has 1 aromatic heterocycles. The Morgan fingerprint density at radius 1 is 1.54 bits per heavy atom. The van der Waals surface area contributed by atoms with Crippen LogP contribution in [0.3, 0.4) is 0 Å². The minimum Gasteiger partial charge on any atom is -0.390 e. The van der Waals surface area contributed by atoms with Crippen LogP contribution in [0.15, 0.2) is 39.1 Å². The molecule has 0 unspecified atom stereocenters. The van der Waals surface area contributed by atoms with E-state index in [2.05, 4.69) is 15.5 Å². The van der Waals surface area contributed by atoms with Crippen LogP contribution in [-0.4, -0.2) is 35.5 Å². The molecule has 5 nitrogen and oxygen atoms in total. The van der Waals surface area contributed by atoms with Gasteiger partial charge < -0.3 is 10.2 Å². The minimum absolute atomic E-state index is 0.198. The summed E-state index contributed by atoms with van der Waals surface area (Å²) in [5.41, 5.74) is 2.12. The Labute approximate surface area is 147 Å². The number of rotatable bonds is 6. The summed E-state index contributed by atoms with van der Waals surface area (Å²) >= 11 is 2.96. The third-order valence-corrected chi connectivity index (χ3v) is 5.34. The molecular formula is C16H16FN3O2S2. The predicted molar refractivity (Wildman–Crippen MR) is 93.3 cm³/mol. The van der Waals surface area contributed by atoms with Crippen LogP contribution >= 0.6 is 23.1 Å². The summed E-state index contributed by atoms with van der Waals surface area (Å²) in [6.45, 7) is 0.362. The van der Waals surface area contributed by atoms with Gasteiger partial charge >= 0.3 is 0 Å². The Balaban J connectivity index is 1.46. The van der Waals surface area contributed by atoms with Crippen molar-refractivity contribution in [2.75, 3.05) is 12.8 Å². The minimum atomic E-state index is -0.260. The van der Waals surface area contributed by atoms with Gasteiger partial charge in [-0.3, -0.25) is 4.79 Å². The summed E-state index contributed by atoms with van der Waals surface area (Å²) < 4.78 is 14.1. The number of nitrogens with one attached hydrogen (secondary N) is 1. The van der Waals surface area contributed by atoms with Crippen molar-refractivity contribution in [3.63, 3.8) is 0 Å². The highest BCUT2D eigenvalue weighted by Gasteiger charge is 2.22. The van der Waals surface area contributed by atoms with E-state index < -0.39 is 0 Å². The van der Waals surface area contributed by atoms with Gasteiger partial charge in [0.1, 0.15) is 22.0 Å². The molecule has 0 saturated carbocycles. The molecule has 1 atom stereocenters. The zero-order chi connectivity index (χ0) is 16.9. The fraction of sp³-hybridized carbons (Fsp3) is 0.312. The number of thiazole rings is 1. The monoisotopic (exact) mass is 365 g/mol. The maximum absolute atomic E-state index is 13.2. The highest BCUT2D eigenvalue weighted by Crippen LogP contribution is 2.20. The molecule has 2 aromatic rings. The second kappa shape index (κ2) is 7.76. The fourth-order valence-corrected chi connectivity index (χ4v) is 3.58. The molecule has 2 heterocycles. The van der Waals surface area contributed by atoms with Gasteiger partial charge in [-0.1, -0.05) is 29.1 Å². The third-order valence-electron chi connectivity index (χ3n) is 3.47. The second-order valence-corrected chi connectivity index (χ2v) is 7.22. The molecule has 0 radical (unpaired) electrons. The Morgan fingerprint density at radius 2 is 2.42 bits per heavy atom. The van der Waals surface area contributed by atoms with Crippen LogP contribution in [0.1, 0.15) is 22.5 Å².